The summed E-state index contributed by atoms with van der Waals surface area (Å²) in [7, 11) is 2.03. The number of nitrogens with zero attached hydrogens (tertiary/aromatic N) is 2. The molecule has 1 saturated carbocycles. The Kier molecular flexibility index (Phi) is 4.12. The van der Waals surface area contributed by atoms with Crippen LogP contribution in [0.2, 0.25) is 0 Å². The SMILES string of the molecule is CCc1nn(C)c(CC2(N)CCCCC2(C)C)c1Br. The topological polar surface area (TPSA) is 43.8 Å². The Morgan fingerprint density at radius 3 is 2.47 bits per heavy atom. The summed E-state index contributed by atoms with van der Waals surface area (Å²) in [5.41, 5.74) is 9.25. The zero-order valence-corrected chi connectivity index (χ0v) is 14.2. The summed E-state index contributed by atoms with van der Waals surface area (Å²) in [6.07, 6.45) is 6.74. The van der Waals surface area contributed by atoms with Crippen LogP contribution in [0.3, 0.4) is 0 Å². The molecule has 4 heteroatoms. The highest BCUT2D eigenvalue weighted by Crippen LogP contribution is 2.44. The molecule has 1 unspecified atom stereocenters. The number of hydrogen-bond donors (Lipinski definition) is 1. The second kappa shape index (κ2) is 5.21. The molecule has 1 heterocycles. The molecule has 0 bridgehead atoms. The predicted molar refractivity (Wildman–Crippen MR) is 83.2 cm³/mol. The molecule has 1 fully saturated rings. The Balaban J connectivity index is 2.32. The number of halogens is 1. The van der Waals surface area contributed by atoms with E-state index >= 15 is 0 Å². The number of rotatable bonds is 3. The maximum atomic E-state index is 6.80. The van der Waals surface area contributed by atoms with E-state index in [2.05, 4.69) is 41.8 Å². The number of aromatic nitrogens is 2. The molecule has 0 spiro atoms. The largest absolute Gasteiger partial charge is 0.324 e. The second-order valence-corrected chi connectivity index (χ2v) is 7.40. The Morgan fingerprint density at radius 1 is 1.32 bits per heavy atom. The molecular weight excluding hydrogens is 302 g/mol. The molecule has 1 aliphatic rings. The van der Waals surface area contributed by atoms with Crippen LogP contribution in [0.15, 0.2) is 4.47 Å². The summed E-state index contributed by atoms with van der Waals surface area (Å²) in [5, 5.41) is 4.59. The van der Waals surface area contributed by atoms with Gasteiger partial charge in [-0.1, -0.05) is 33.6 Å². The Hall–Kier alpha value is -0.350. The van der Waals surface area contributed by atoms with E-state index in [1.807, 2.05) is 11.7 Å². The van der Waals surface area contributed by atoms with Gasteiger partial charge in [0, 0.05) is 19.0 Å². The molecule has 1 atom stereocenters. The summed E-state index contributed by atoms with van der Waals surface area (Å²) in [5.74, 6) is 0. The molecule has 1 aliphatic carbocycles. The van der Waals surface area contributed by atoms with Gasteiger partial charge in [-0.2, -0.15) is 5.10 Å². The van der Waals surface area contributed by atoms with Gasteiger partial charge in [0.1, 0.15) is 0 Å². The third kappa shape index (κ3) is 2.62. The van der Waals surface area contributed by atoms with Gasteiger partial charge in [-0.05, 0) is 40.6 Å². The molecule has 0 amide bonds. The highest BCUT2D eigenvalue weighted by Gasteiger charge is 2.44. The van der Waals surface area contributed by atoms with Gasteiger partial charge in [-0.15, -0.1) is 0 Å². The fourth-order valence-corrected chi connectivity index (χ4v) is 3.99. The number of hydrogen-bond acceptors (Lipinski definition) is 2. The zero-order chi connectivity index (χ0) is 14.3. The molecule has 0 aromatic carbocycles. The first-order valence-corrected chi connectivity index (χ1v) is 8.09. The van der Waals surface area contributed by atoms with Gasteiger partial charge in [0.15, 0.2) is 0 Å². The zero-order valence-electron chi connectivity index (χ0n) is 12.6. The lowest BCUT2D eigenvalue weighted by molar-refractivity contribution is 0.0971. The van der Waals surface area contributed by atoms with E-state index in [1.54, 1.807) is 0 Å². The van der Waals surface area contributed by atoms with Crippen molar-refractivity contribution in [1.29, 1.82) is 0 Å². The maximum Gasteiger partial charge on any atom is 0.0766 e. The van der Waals surface area contributed by atoms with Crippen molar-refractivity contribution in [3.05, 3.63) is 15.9 Å². The highest BCUT2D eigenvalue weighted by molar-refractivity contribution is 9.10. The first-order valence-electron chi connectivity index (χ1n) is 7.30. The normalized spacial score (nSPS) is 26.6. The standard InChI is InChI=1S/C15H26BrN3/c1-5-11-13(16)12(19(4)18-11)10-15(17)9-7-6-8-14(15,2)3/h5-10,17H2,1-4H3. The van der Waals surface area contributed by atoms with Crippen LogP contribution in [-0.4, -0.2) is 15.3 Å². The molecule has 108 valence electrons. The van der Waals surface area contributed by atoms with Gasteiger partial charge in [0.05, 0.1) is 15.9 Å². The fraction of sp³-hybridized carbons (Fsp3) is 0.800. The van der Waals surface area contributed by atoms with Gasteiger partial charge in [-0.25, -0.2) is 0 Å². The Morgan fingerprint density at radius 2 is 1.95 bits per heavy atom. The summed E-state index contributed by atoms with van der Waals surface area (Å²) >= 11 is 3.71. The van der Waals surface area contributed by atoms with Crippen molar-refractivity contribution < 1.29 is 0 Å². The van der Waals surface area contributed by atoms with Crippen molar-refractivity contribution in [3.63, 3.8) is 0 Å². The monoisotopic (exact) mass is 327 g/mol. The van der Waals surface area contributed by atoms with E-state index in [0.717, 1.165) is 29.4 Å². The molecule has 0 aliphatic heterocycles. The minimum atomic E-state index is -0.118. The molecule has 1 aromatic heterocycles. The van der Waals surface area contributed by atoms with Crippen LogP contribution in [0.4, 0.5) is 0 Å². The Labute approximate surface area is 125 Å². The van der Waals surface area contributed by atoms with Crippen LogP contribution in [0.5, 0.6) is 0 Å². The van der Waals surface area contributed by atoms with Crippen molar-refractivity contribution in [2.75, 3.05) is 0 Å². The lowest BCUT2D eigenvalue weighted by atomic mass is 9.62. The smallest absolute Gasteiger partial charge is 0.0766 e. The van der Waals surface area contributed by atoms with Crippen molar-refractivity contribution in [3.8, 4) is 0 Å². The van der Waals surface area contributed by atoms with Gasteiger partial charge >= 0.3 is 0 Å². The van der Waals surface area contributed by atoms with Gasteiger partial charge in [0.25, 0.3) is 0 Å². The van der Waals surface area contributed by atoms with Gasteiger partial charge in [0.2, 0.25) is 0 Å². The van der Waals surface area contributed by atoms with E-state index < -0.39 is 0 Å². The molecule has 0 saturated heterocycles. The van der Waals surface area contributed by atoms with Crippen LogP contribution in [0.1, 0.15) is 57.8 Å². The third-order valence-corrected chi connectivity index (χ3v) is 5.92. The van der Waals surface area contributed by atoms with E-state index in [1.165, 1.54) is 25.0 Å². The lowest BCUT2D eigenvalue weighted by Gasteiger charge is -2.48. The van der Waals surface area contributed by atoms with Crippen molar-refractivity contribution in [1.82, 2.24) is 9.78 Å². The van der Waals surface area contributed by atoms with E-state index in [0.29, 0.717) is 0 Å². The first-order chi connectivity index (χ1) is 8.81. The molecule has 2 rings (SSSR count). The summed E-state index contributed by atoms with van der Waals surface area (Å²) in [6, 6.07) is 0. The van der Waals surface area contributed by atoms with E-state index in [4.69, 9.17) is 5.73 Å². The average molecular weight is 328 g/mol. The highest BCUT2D eigenvalue weighted by atomic mass is 79.9. The minimum Gasteiger partial charge on any atom is -0.324 e. The van der Waals surface area contributed by atoms with Crippen LogP contribution in [0.25, 0.3) is 0 Å². The van der Waals surface area contributed by atoms with Crippen molar-refractivity contribution in [2.24, 2.45) is 18.2 Å². The van der Waals surface area contributed by atoms with Crippen LogP contribution in [0, 0.1) is 5.41 Å². The summed E-state index contributed by atoms with van der Waals surface area (Å²) in [4.78, 5) is 0. The molecule has 3 nitrogen and oxygen atoms in total. The molecular formula is C15H26BrN3. The van der Waals surface area contributed by atoms with Gasteiger partial charge in [-0.3, -0.25) is 4.68 Å². The Bertz CT molecular complexity index is 464. The fourth-order valence-electron chi connectivity index (χ4n) is 3.23. The number of nitrogens with two attached hydrogens (primary N) is 1. The summed E-state index contributed by atoms with van der Waals surface area (Å²) in [6.45, 7) is 6.77. The first kappa shape index (κ1) is 15.0. The number of aryl methyl sites for hydroxylation is 2. The van der Waals surface area contributed by atoms with Crippen molar-refractivity contribution in [2.45, 2.75) is 64.8 Å². The van der Waals surface area contributed by atoms with Crippen LogP contribution < -0.4 is 5.73 Å². The molecule has 19 heavy (non-hydrogen) atoms. The van der Waals surface area contributed by atoms with E-state index in [-0.39, 0.29) is 11.0 Å². The third-order valence-electron chi connectivity index (χ3n) is 5.01. The minimum absolute atomic E-state index is 0.118. The average Bonchev–Trinajstić information content (AvgIpc) is 2.60. The second-order valence-electron chi connectivity index (χ2n) is 6.61. The maximum absolute atomic E-state index is 6.80. The molecule has 1 aromatic rings. The molecule has 0 radical (unpaired) electrons. The van der Waals surface area contributed by atoms with Gasteiger partial charge < -0.3 is 5.73 Å². The summed E-state index contributed by atoms with van der Waals surface area (Å²) < 4.78 is 3.16. The van der Waals surface area contributed by atoms with Crippen LogP contribution in [-0.2, 0) is 19.9 Å². The van der Waals surface area contributed by atoms with E-state index in [9.17, 15) is 0 Å². The van der Waals surface area contributed by atoms with Crippen LogP contribution >= 0.6 is 15.9 Å². The predicted octanol–water partition coefficient (Wildman–Crippen LogP) is 3.59. The lowest BCUT2D eigenvalue weighted by Crippen LogP contribution is -2.56. The quantitative estimate of drug-likeness (QED) is 0.921. The molecule has 2 N–H and O–H groups in total. The van der Waals surface area contributed by atoms with Crippen molar-refractivity contribution >= 4 is 15.9 Å².